The number of hydrogen-bond acceptors (Lipinski definition) is 2. The SMILES string of the molecule is C=CCN1C(=O)CC2(CCCC2)CC1=O. The maximum absolute atomic E-state index is 11.8. The van der Waals surface area contributed by atoms with Crippen LogP contribution in [-0.4, -0.2) is 23.3 Å². The molecule has 2 aliphatic rings. The van der Waals surface area contributed by atoms with Crippen molar-refractivity contribution in [2.24, 2.45) is 5.41 Å². The van der Waals surface area contributed by atoms with Crippen molar-refractivity contribution in [3.8, 4) is 0 Å². The number of carbonyl (C=O) groups is 2. The quantitative estimate of drug-likeness (QED) is 0.512. The highest BCUT2D eigenvalue weighted by Crippen LogP contribution is 2.46. The largest absolute Gasteiger partial charge is 0.279 e. The molecular weight excluding hydrogens is 190 g/mol. The standard InChI is InChI=1S/C12H17NO2/c1-2-7-13-10(14)8-12(9-11(13)15)5-3-4-6-12/h2H,1,3-9H2. The van der Waals surface area contributed by atoms with Crippen LogP contribution in [0.1, 0.15) is 38.5 Å². The van der Waals surface area contributed by atoms with Crippen LogP contribution in [0.3, 0.4) is 0 Å². The van der Waals surface area contributed by atoms with Crippen molar-refractivity contribution in [3.05, 3.63) is 12.7 Å². The molecule has 0 aromatic carbocycles. The van der Waals surface area contributed by atoms with Crippen LogP contribution in [0, 0.1) is 5.41 Å². The molecule has 3 heteroatoms. The first kappa shape index (κ1) is 10.4. The molecule has 2 amide bonds. The van der Waals surface area contributed by atoms with Gasteiger partial charge >= 0.3 is 0 Å². The maximum atomic E-state index is 11.8. The highest BCUT2D eigenvalue weighted by molar-refractivity contribution is 5.98. The topological polar surface area (TPSA) is 37.4 Å². The monoisotopic (exact) mass is 207 g/mol. The zero-order chi connectivity index (χ0) is 10.9. The molecule has 0 unspecified atom stereocenters. The van der Waals surface area contributed by atoms with Crippen LogP contribution >= 0.6 is 0 Å². The Bertz CT molecular complexity index is 283. The molecule has 0 bridgehead atoms. The lowest BCUT2D eigenvalue weighted by atomic mass is 9.76. The smallest absolute Gasteiger partial charge is 0.230 e. The van der Waals surface area contributed by atoms with Gasteiger partial charge in [-0.1, -0.05) is 18.9 Å². The Morgan fingerprint density at radius 2 is 1.73 bits per heavy atom. The number of amides is 2. The molecule has 1 aliphatic carbocycles. The summed E-state index contributed by atoms with van der Waals surface area (Å²) in [6.45, 7) is 3.94. The Labute approximate surface area is 90.1 Å². The molecule has 0 atom stereocenters. The van der Waals surface area contributed by atoms with E-state index in [1.54, 1.807) is 6.08 Å². The van der Waals surface area contributed by atoms with E-state index in [2.05, 4.69) is 6.58 Å². The molecule has 1 saturated carbocycles. The number of nitrogens with zero attached hydrogens (tertiary/aromatic N) is 1. The van der Waals surface area contributed by atoms with Gasteiger partial charge in [-0.15, -0.1) is 6.58 Å². The van der Waals surface area contributed by atoms with E-state index in [4.69, 9.17) is 0 Å². The fraction of sp³-hybridized carbons (Fsp3) is 0.667. The first-order chi connectivity index (χ1) is 7.17. The second kappa shape index (κ2) is 3.80. The summed E-state index contributed by atoms with van der Waals surface area (Å²) in [5, 5.41) is 0. The minimum Gasteiger partial charge on any atom is -0.279 e. The summed E-state index contributed by atoms with van der Waals surface area (Å²) in [7, 11) is 0. The van der Waals surface area contributed by atoms with Gasteiger partial charge in [0.2, 0.25) is 11.8 Å². The third kappa shape index (κ3) is 1.83. The lowest BCUT2D eigenvalue weighted by Crippen LogP contribution is -2.47. The van der Waals surface area contributed by atoms with Gasteiger partial charge in [-0.25, -0.2) is 0 Å². The van der Waals surface area contributed by atoms with Gasteiger partial charge in [-0.3, -0.25) is 14.5 Å². The van der Waals surface area contributed by atoms with Crippen LogP contribution in [0.4, 0.5) is 0 Å². The molecule has 2 rings (SSSR count). The fourth-order valence-electron chi connectivity index (χ4n) is 2.85. The summed E-state index contributed by atoms with van der Waals surface area (Å²) in [5.74, 6) is -0.0129. The average molecular weight is 207 g/mol. The van der Waals surface area contributed by atoms with Crippen LogP contribution in [-0.2, 0) is 9.59 Å². The van der Waals surface area contributed by atoms with Crippen LogP contribution in [0.15, 0.2) is 12.7 Å². The van der Waals surface area contributed by atoms with Crippen molar-refractivity contribution in [3.63, 3.8) is 0 Å². The molecule has 0 radical (unpaired) electrons. The number of carbonyl (C=O) groups excluding carboxylic acids is 2. The molecule has 1 spiro atoms. The zero-order valence-electron chi connectivity index (χ0n) is 9.00. The summed E-state index contributed by atoms with van der Waals surface area (Å²) in [6.07, 6.45) is 7.17. The van der Waals surface area contributed by atoms with Gasteiger partial charge in [-0.2, -0.15) is 0 Å². The summed E-state index contributed by atoms with van der Waals surface area (Å²) in [4.78, 5) is 25.0. The van der Waals surface area contributed by atoms with Crippen molar-refractivity contribution >= 4 is 11.8 Å². The molecule has 1 saturated heterocycles. The molecule has 15 heavy (non-hydrogen) atoms. The molecule has 0 N–H and O–H groups in total. The normalized spacial score (nSPS) is 24.9. The van der Waals surface area contributed by atoms with E-state index in [1.807, 2.05) is 0 Å². The molecule has 1 heterocycles. The Morgan fingerprint density at radius 1 is 1.20 bits per heavy atom. The fourth-order valence-corrected chi connectivity index (χ4v) is 2.85. The van der Waals surface area contributed by atoms with E-state index >= 15 is 0 Å². The lowest BCUT2D eigenvalue weighted by molar-refractivity contribution is -0.152. The third-order valence-corrected chi connectivity index (χ3v) is 3.63. The second-order valence-electron chi connectivity index (χ2n) is 4.75. The van der Waals surface area contributed by atoms with Crippen LogP contribution in [0.25, 0.3) is 0 Å². The molecule has 1 aliphatic heterocycles. The summed E-state index contributed by atoms with van der Waals surface area (Å²) < 4.78 is 0. The predicted octanol–water partition coefficient (Wildman–Crippen LogP) is 1.88. The van der Waals surface area contributed by atoms with Crippen molar-refractivity contribution in [1.29, 1.82) is 0 Å². The van der Waals surface area contributed by atoms with Gasteiger partial charge < -0.3 is 0 Å². The third-order valence-electron chi connectivity index (χ3n) is 3.63. The molecule has 2 fully saturated rings. The van der Waals surface area contributed by atoms with E-state index in [0.717, 1.165) is 12.8 Å². The zero-order valence-corrected chi connectivity index (χ0v) is 9.00. The maximum Gasteiger partial charge on any atom is 0.230 e. The summed E-state index contributed by atoms with van der Waals surface area (Å²) in [6, 6.07) is 0. The van der Waals surface area contributed by atoms with Gasteiger partial charge in [0, 0.05) is 19.4 Å². The van der Waals surface area contributed by atoms with E-state index in [9.17, 15) is 9.59 Å². The van der Waals surface area contributed by atoms with Crippen LogP contribution in [0.5, 0.6) is 0 Å². The Kier molecular flexibility index (Phi) is 2.63. The molecule has 0 aromatic rings. The van der Waals surface area contributed by atoms with Crippen molar-refractivity contribution in [2.45, 2.75) is 38.5 Å². The number of rotatable bonds is 2. The number of piperidine rings is 1. The first-order valence-electron chi connectivity index (χ1n) is 5.61. The Morgan fingerprint density at radius 3 is 2.20 bits per heavy atom. The molecule has 3 nitrogen and oxygen atoms in total. The van der Waals surface area contributed by atoms with Gasteiger partial charge in [0.25, 0.3) is 0 Å². The summed E-state index contributed by atoms with van der Waals surface area (Å²) >= 11 is 0. The molecule has 0 aromatic heterocycles. The van der Waals surface area contributed by atoms with Gasteiger partial charge in [0.1, 0.15) is 0 Å². The Hall–Kier alpha value is -1.12. The molecular formula is C12H17NO2. The minimum absolute atomic E-state index is 0.00644. The number of imide groups is 1. The van der Waals surface area contributed by atoms with E-state index in [1.165, 1.54) is 17.7 Å². The van der Waals surface area contributed by atoms with Crippen molar-refractivity contribution in [1.82, 2.24) is 4.90 Å². The van der Waals surface area contributed by atoms with E-state index in [-0.39, 0.29) is 17.2 Å². The van der Waals surface area contributed by atoms with E-state index < -0.39 is 0 Å². The highest BCUT2D eigenvalue weighted by Gasteiger charge is 2.44. The second-order valence-corrected chi connectivity index (χ2v) is 4.75. The highest BCUT2D eigenvalue weighted by atomic mass is 16.2. The minimum atomic E-state index is -0.00644. The average Bonchev–Trinajstić information content (AvgIpc) is 2.60. The molecule has 82 valence electrons. The van der Waals surface area contributed by atoms with E-state index in [0.29, 0.717) is 19.4 Å². The van der Waals surface area contributed by atoms with Crippen LogP contribution < -0.4 is 0 Å². The number of likely N-dealkylation sites (tertiary alicyclic amines) is 1. The van der Waals surface area contributed by atoms with Gasteiger partial charge in [0.05, 0.1) is 0 Å². The predicted molar refractivity (Wildman–Crippen MR) is 57.1 cm³/mol. The lowest BCUT2D eigenvalue weighted by Gasteiger charge is -2.36. The summed E-state index contributed by atoms with van der Waals surface area (Å²) in [5.41, 5.74) is 0.0197. The van der Waals surface area contributed by atoms with Crippen molar-refractivity contribution in [2.75, 3.05) is 6.54 Å². The first-order valence-corrected chi connectivity index (χ1v) is 5.61. The van der Waals surface area contributed by atoms with Gasteiger partial charge in [-0.05, 0) is 18.3 Å². The van der Waals surface area contributed by atoms with Crippen LogP contribution in [0.2, 0.25) is 0 Å². The number of hydrogen-bond donors (Lipinski definition) is 0. The van der Waals surface area contributed by atoms with Crippen molar-refractivity contribution < 1.29 is 9.59 Å². The Balaban J connectivity index is 2.12. The van der Waals surface area contributed by atoms with Gasteiger partial charge in [0.15, 0.2) is 0 Å².